The van der Waals surface area contributed by atoms with Crippen LogP contribution in [-0.2, 0) is 17.1 Å². The fourth-order valence-corrected chi connectivity index (χ4v) is 1.27. The molecule has 19 heavy (non-hydrogen) atoms. The highest BCUT2D eigenvalue weighted by Gasteiger charge is 2.40. The number of rotatable bonds is 2. The first-order valence-electron chi connectivity index (χ1n) is 4.50. The van der Waals surface area contributed by atoms with E-state index in [2.05, 4.69) is 0 Å². The lowest BCUT2D eigenvalue weighted by molar-refractivity contribution is -0.143. The molecular weight excluding hydrogens is 282 g/mol. The van der Waals surface area contributed by atoms with Crippen LogP contribution in [0.15, 0.2) is 18.2 Å². The van der Waals surface area contributed by atoms with Gasteiger partial charge >= 0.3 is 18.3 Å². The predicted molar refractivity (Wildman–Crippen MR) is 48.4 cm³/mol. The molecular formula is C10H4F6O3. The Morgan fingerprint density at radius 1 is 0.947 bits per heavy atom. The number of alkyl halides is 6. The molecule has 0 unspecified atom stereocenters. The van der Waals surface area contributed by atoms with E-state index in [4.69, 9.17) is 5.11 Å². The molecule has 0 aromatic heterocycles. The Labute approximate surface area is 101 Å². The fraction of sp³-hybridized carbons (Fsp3) is 0.200. The summed E-state index contributed by atoms with van der Waals surface area (Å²) < 4.78 is 74.4. The molecule has 104 valence electrons. The van der Waals surface area contributed by atoms with Gasteiger partial charge in [-0.05, 0) is 18.2 Å². The summed E-state index contributed by atoms with van der Waals surface area (Å²) in [5.74, 6) is -4.12. The van der Waals surface area contributed by atoms with Crippen LogP contribution < -0.4 is 0 Å². The van der Waals surface area contributed by atoms with E-state index in [0.717, 1.165) is 0 Å². The summed E-state index contributed by atoms with van der Waals surface area (Å²) in [4.78, 5) is 21.3. The summed E-state index contributed by atoms with van der Waals surface area (Å²) in [7, 11) is 0. The molecule has 0 saturated heterocycles. The SMILES string of the molecule is O=C(O)C(=O)c1ccc(C(F)(F)F)cc1C(F)(F)F. The van der Waals surface area contributed by atoms with Crippen LogP contribution >= 0.6 is 0 Å². The maximum absolute atomic E-state index is 12.5. The van der Waals surface area contributed by atoms with Crippen LogP contribution in [0.3, 0.4) is 0 Å². The van der Waals surface area contributed by atoms with Gasteiger partial charge in [-0.3, -0.25) is 4.79 Å². The predicted octanol–water partition coefficient (Wildman–Crippen LogP) is 2.99. The van der Waals surface area contributed by atoms with E-state index in [-0.39, 0.29) is 18.2 Å². The third kappa shape index (κ3) is 3.24. The number of benzene rings is 1. The monoisotopic (exact) mass is 286 g/mol. The van der Waals surface area contributed by atoms with E-state index in [0.29, 0.717) is 0 Å². The molecule has 0 fully saturated rings. The molecule has 1 rings (SSSR count). The Morgan fingerprint density at radius 3 is 1.84 bits per heavy atom. The van der Waals surface area contributed by atoms with Crippen molar-refractivity contribution >= 4 is 11.8 Å². The van der Waals surface area contributed by atoms with Crippen molar-refractivity contribution < 1.29 is 41.0 Å². The number of hydrogen-bond donors (Lipinski definition) is 1. The molecule has 9 heteroatoms. The highest BCUT2D eigenvalue weighted by Crippen LogP contribution is 2.37. The number of halogens is 6. The third-order valence-corrected chi connectivity index (χ3v) is 2.09. The summed E-state index contributed by atoms with van der Waals surface area (Å²) >= 11 is 0. The van der Waals surface area contributed by atoms with E-state index < -0.39 is 40.8 Å². The molecule has 1 aromatic carbocycles. The number of carboxylic acids is 1. The van der Waals surface area contributed by atoms with Gasteiger partial charge in [-0.2, -0.15) is 26.3 Å². The van der Waals surface area contributed by atoms with E-state index in [1.807, 2.05) is 0 Å². The molecule has 3 nitrogen and oxygen atoms in total. The number of carboxylic acid groups (broad SMARTS) is 1. The smallest absolute Gasteiger partial charge is 0.417 e. The Morgan fingerprint density at radius 2 is 1.47 bits per heavy atom. The third-order valence-electron chi connectivity index (χ3n) is 2.09. The molecule has 0 bridgehead atoms. The molecule has 0 aliphatic carbocycles. The summed E-state index contributed by atoms with van der Waals surface area (Å²) in [6.07, 6.45) is -10.3. The molecule has 1 aromatic rings. The first-order chi connectivity index (χ1) is 8.44. The van der Waals surface area contributed by atoms with Crippen LogP contribution in [0.5, 0.6) is 0 Å². The Kier molecular flexibility index (Phi) is 3.60. The fourth-order valence-electron chi connectivity index (χ4n) is 1.27. The van der Waals surface area contributed by atoms with Gasteiger partial charge in [0.2, 0.25) is 0 Å². The van der Waals surface area contributed by atoms with E-state index in [9.17, 15) is 35.9 Å². The number of hydrogen-bond acceptors (Lipinski definition) is 2. The van der Waals surface area contributed by atoms with Crippen LogP contribution in [0.2, 0.25) is 0 Å². The topological polar surface area (TPSA) is 54.4 Å². The molecule has 0 radical (unpaired) electrons. The maximum Gasteiger partial charge on any atom is 0.417 e. The minimum Gasteiger partial charge on any atom is -0.475 e. The van der Waals surface area contributed by atoms with Gasteiger partial charge in [0, 0.05) is 5.56 Å². The second kappa shape index (κ2) is 4.56. The summed E-state index contributed by atoms with van der Waals surface area (Å²) in [6.45, 7) is 0. The number of carbonyl (C=O) groups excluding carboxylic acids is 1. The molecule has 0 atom stereocenters. The number of Topliss-reactive ketones (excluding diaryl/α,β-unsaturated/α-hetero) is 1. The number of ketones is 1. The normalized spacial score (nSPS) is 12.3. The number of carbonyl (C=O) groups is 2. The van der Waals surface area contributed by atoms with Gasteiger partial charge in [-0.15, -0.1) is 0 Å². The molecule has 0 heterocycles. The number of aliphatic carboxylic acids is 1. The van der Waals surface area contributed by atoms with Gasteiger partial charge in [-0.25, -0.2) is 4.79 Å². The van der Waals surface area contributed by atoms with Crippen LogP contribution in [0, 0.1) is 0 Å². The zero-order valence-corrected chi connectivity index (χ0v) is 8.76. The Bertz CT molecular complexity index is 529. The Balaban J connectivity index is 3.51. The van der Waals surface area contributed by atoms with Gasteiger partial charge in [-0.1, -0.05) is 0 Å². The molecule has 0 aliphatic heterocycles. The Hall–Kier alpha value is -2.06. The molecule has 0 saturated carbocycles. The molecule has 0 aliphatic rings. The van der Waals surface area contributed by atoms with Gasteiger partial charge in [0.1, 0.15) is 0 Å². The van der Waals surface area contributed by atoms with Gasteiger partial charge < -0.3 is 5.11 Å². The summed E-state index contributed by atoms with van der Waals surface area (Å²) in [6, 6.07) is 0.115. The van der Waals surface area contributed by atoms with Crippen molar-refractivity contribution in [1.29, 1.82) is 0 Å². The lowest BCUT2D eigenvalue weighted by Gasteiger charge is -2.14. The van der Waals surface area contributed by atoms with Crippen LogP contribution in [0.4, 0.5) is 26.3 Å². The highest BCUT2D eigenvalue weighted by molar-refractivity contribution is 6.40. The quantitative estimate of drug-likeness (QED) is 0.516. The van der Waals surface area contributed by atoms with Gasteiger partial charge in [0.15, 0.2) is 0 Å². The van der Waals surface area contributed by atoms with Crippen LogP contribution in [-0.4, -0.2) is 16.9 Å². The van der Waals surface area contributed by atoms with Crippen molar-refractivity contribution in [2.75, 3.05) is 0 Å². The summed E-state index contributed by atoms with van der Waals surface area (Å²) in [5.41, 5.74) is -4.90. The second-order valence-corrected chi connectivity index (χ2v) is 3.39. The van der Waals surface area contributed by atoms with Gasteiger partial charge in [0.05, 0.1) is 11.1 Å². The minimum atomic E-state index is -5.28. The van der Waals surface area contributed by atoms with E-state index >= 15 is 0 Å². The van der Waals surface area contributed by atoms with Crippen molar-refractivity contribution in [3.05, 3.63) is 34.9 Å². The van der Waals surface area contributed by atoms with E-state index in [1.165, 1.54) is 0 Å². The summed E-state index contributed by atoms with van der Waals surface area (Å²) in [5, 5.41) is 8.32. The zero-order chi connectivity index (χ0) is 15.0. The van der Waals surface area contributed by atoms with Crippen molar-refractivity contribution in [3.63, 3.8) is 0 Å². The average molecular weight is 286 g/mol. The van der Waals surface area contributed by atoms with Crippen molar-refractivity contribution in [1.82, 2.24) is 0 Å². The first-order valence-corrected chi connectivity index (χ1v) is 4.50. The standard InChI is InChI=1S/C10H4F6O3/c11-9(12,13)4-1-2-5(7(17)8(18)19)6(3-4)10(14,15)16/h1-3H,(H,18,19). The lowest BCUT2D eigenvalue weighted by atomic mass is 10.00. The second-order valence-electron chi connectivity index (χ2n) is 3.39. The van der Waals surface area contributed by atoms with Crippen molar-refractivity contribution in [3.8, 4) is 0 Å². The van der Waals surface area contributed by atoms with Crippen molar-refractivity contribution in [2.24, 2.45) is 0 Å². The first kappa shape index (κ1) is 15.0. The van der Waals surface area contributed by atoms with Crippen molar-refractivity contribution in [2.45, 2.75) is 12.4 Å². The van der Waals surface area contributed by atoms with Crippen LogP contribution in [0.25, 0.3) is 0 Å². The highest BCUT2D eigenvalue weighted by atomic mass is 19.4. The minimum absolute atomic E-state index is 0.197. The lowest BCUT2D eigenvalue weighted by Crippen LogP contribution is -2.20. The van der Waals surface area contributed by atoms with Gasteiger partial charge in [0.25, 0.3) is 5.78 Å². The average Bonchev–Trinajstić information content (AvgIpc) is 2.24. The van der Waals surface area contributed by atoms with Crippen LogP contribution in [0.1, 0.15) is 21.5 Å². The molecule has 1 N–H and O–H groups in total. The van der Waals surface area contributed by atoms with E-state index in [1.54, 1.807) is 0 Å². The zero-order valence-electron chi connectivity index (χ0n) is 8.76. The molecule has 0 amide bonds. The molecule has 0 spiro atoms. The maximum atomic E-state index is 12.5. The largest absolute Gasteiger partial charge is 0.475 e.